The van der Waals surface area contributed by atoms with Crippen LogP contribution in [0.4, 0.5) is 0 Å². The Hall–Kier alpha value is -0.850. The molecule has 7 heteroatoms. The molecular formula is C20H33Cl2N3O2. The van der Waals surface area contributed by atoms with Crippen LogP contribution in [0.1, 0.15) is 31.7 Å². The first-order valence-electron chi connectivity index (χ1n) is 9.53. The zero-order valence-corrected chi connectivity index (χ0v) is 17.7. The molecule has 3 rings (SSSR count). The summed E-state index contributed by atoms with van der Waals surface area (Å²) >= 11 is 0. The molecule has 154 valence electrons. The topological polar surface area (TPSA) is 58.8 Å². The van der Waals surface area contributed by atoms with Gasteiger partial charge in [-0.05, 0) is 31.7 Å². The van der Waals surface area contributed by atoms with Crippen LogP contribution < -0.4 is 5.73 Å². The summed E-state index contributed by atoms with van der Waals surface area (Å²) in [4.78, 5) is 17.7. The van der Waals surface area contributed by atoms with Gasteiger partial charge in [0.1, 0.15) is 0 Å². The molecule has 1 aromatic carbocycles. The number of amides is 1. The second-order valence-electron chi connectivity index (χ2n) is 7.48. The predicted octanol–water partition coefficient (Wildman–Crippen LogP) is 2.71. The molecule has 3 unspecified atom stereocenters. The summed E-state index contributed by atoms with van der Waals surface area (Å²) in [5, 5.41) is 0. The number of benzene rings is 1. The van der Waals surface area contributed by atoms with Crippen molar-refractivity contribution < 1.29 is 9.53 Å². The Kier molecular flexibility index (Phi) is 10.6. The lowest BCUT2D eigenvalue weighted by molar-refractivity contribution is -0.138. The third kappa shape index (κ3) is 6.91. The standard InChI is InChI=1S/C20H31N3O2.2ClH/c1-16(14-22-9-11-25-12-10-22)23(15-17-5-3-2-4-6-17)20(24)18-7-8-19(21)13-18;;/h2-6,16,18-19H,7-15,21H2,1H3;2*1H. The van der Waals surface area contributed by atoms with E-state index in [0.717, 1.165) is 52.1 Å². The van der Waals surface area contributed by atoms with Crippen LogP contribution in [0.15, 0.2) is 30.3 Å². The molecule has 0 aromatic heterocycles. The van der Waals surface area contributed by atoms with E-state index in [-0.39, 0.29) is 48.7 Å². The molecule has 1 aliphatic carbocycles. The van der Waals surface area contributed by atoms with E-state index < -0.39 is 0 Å². The Labute approximate surface area is 175 Å². The van der Waals surface area contributed by atoms with E-state index in [0.29, 0.717) is 6.54 Å². The number of morpholine rings is 1. The molecule has 5 nitrogen and oxygen atoms in total. The van der Waals surface area contributed by atoms with Gasteiger partial charge < -0.3 is 15.4 Å². The van der Waals surface area contributed by atoms with Gasteiger partial charge in [0, 0.05) is 44.2 Å². The minimum absolute atomic E-state index is 0. The quantitative estimate of drug-likeness (QED) is 0.772. The molecule has 1 heterocycles. The molecule has 1 aliphatic heterocycles. The summed E-state index contributed by atoms with van der Waals surface area (Å²) in [6.45, 7) is 7.23. The van der Waals surface area contributed by atoms with Crippen LogP contribution in [0, 0.1) is 5.92 Å². The van der Waals surface area contributed by atoms with E-state index in [1.807, 2.05) is 18.2 Å². The Bertz CT molecular complexity index is 555. The summed E-state index contributed by atoms with van der Waals surface area (Å²) < 4.78 is 5.44. The normalized spacial score (nSPS) is 23.8. The van der Waals surface area contributed by atoms with Crippen molar-refractivity contribution >= 4 is 30.7 Å². The van der Waals surface area contributed by atoms with Crippen LogP contribution in [0.5, 0.6) is 0 Å². The van der Waals surface area contributed by atoms with Crippen LogP contribution in [0.25, 0.3) is 0 Å². The fraction of sp³-hybridized carbons (Fsp3) is 0.650. The maximum atomic E-state index is 13.2. The summed E-state index contributed by atoms with van der Waals surface area (Å²) in [5.74, 6) is 0.364. The van der Waals surface area contributed by atoms with Crippen molar-refractivity contribution in [3.8, 4) is 0 Å². The molecule has 0 bridgehead atoms. The van der Waals surface area contributed by atoms with Crippen LogP contribution in [0.2, 0.25) is 0 Å². The minimum atomic E-state index is 0. The number of nitrogens with zero attached hydrogens (tertiary/aromatic N) is 2. The Morgan fingerprint density at radius 3 is 2.48 bits per heavy atom. The second-order valence-corrected chi connectivity index (χ2v) is 7.48. The minimum Gasteiger partial charge on any atom is -0.379 e. The average molecular weight is 418 g/mol. The van der Waals surface area contributed by atoms with Crippen molar-refractivity contribution in [2.75, 3.05) is 32.8 Å². The molecule has 3 atom stereocenters. The second kappa shape index (κ2) is 11.9. The van der Waals surface area contributed by atoms with Crippen molar-refractivity contribution in [3.05, 3.63) is 35.9 Å². The maximum absolute atomic E-state index is 13.2. The summed E-state index contributed by atoms with van der Waals surface area (Å²) in [7, 11) is 0. The number of halogens is 2. The number of rotatable bonds is 6. The fourth-order valence-electron chi connectivity index (χ4n) is 3.96. The highest BCUT2D eigenvalue weighted by molar-refractivity contribution is 5.85. The third-order valence-corrected chi connectivity index (χ3v) is 5.46. The summed E-state index contributed by atoms with van der Waals surface area (Å²) in [6.07, 6.45) is 2.72. The molecule has 27 heavy (non-hydrogen) atoms. The lowest BCUT2D eigenvalue weighted by Crippen LogP contribution is -2.49. The molecular weight excluding hydrogens is 385 g/mol. The molecule has 0 spiro atoms. The molecule has 1 saturated carbocycles. The summed E-state index contributed by atoms with van der Waals surface area (Å²) in [6, 6.07) is 10.7. The van der Waals surface area contributed by atoms with Crippen molar-refractivity contribution in [2.24, 2.45) is 11.7 Å². The number of carbonyl (C=O) groups is 1. The zero-order valence-electron chi connectivity index (χ0n) is 16.1. The van der Waals surface area contributed by atoms with Crippen molar-refractivity contribution in [1.82, 2.24) is 9.80 Å². The highest BCUT2D eigenvalue weighted by Gasteiger charge is 2.33. The zero-order chi connectivity index (χ0) is 17.6. The third-order valence-electron chi connectivity index (χ3n) is 5.46. The maximum Gasteiger partial charge on any atom is 0.226 e. The van der Waals surface area contributed by atoms with Crippen molar-refractivity contribution in [2.45, 2.75) is 44.8 Å². The lowest BCUT2D eigenvalue weighted by atomic mass is 10.0. The van der Waals surface area contributed by atoms with Gasteiger partial charge in [0.2, 0.25) is 5.91 Å². The first-order valence-corrected chi connectivity index (χ1v) is 9.53. The number of nitrogens with two attached hydrogens (primary N) is 1. The monoisotopic (exact) mass is 417 g/mol. The van der Waals surface area contributed by atoms with Gasteiger partial charge in [0.05, 0.1) is 13.2 Å². The molecule has 1 saturated heterocycles. The van der Waals surface area contributed by atoms with Gasteiger partial charge in [-0.3, -0.25) is 9.69 Å². The molecule has 2 fully saturated rings. The van der Waals surface area contributed by atoms with Gasteiger partial charge in [-0.25, -0.2) is 0 Å². The van der Waals surface area contributed by atoms with Gasteiger partial charge in [-0.15, -0.1) is 24.8 Å². The Morgan fingerprint density at radius 1 is 1.22 bits per heavy atom. The predicted molar refractivity (Wildman–Crippen MR) is 114 cm³/mol. The highest BCUT2D eigenvalue weighted by atomic mass is 35.5. The number of hydrogen-bond donors (Lipinski definition) is 1. The summed E-state index contributed by atoms with van der Waals surface area (Å²) in [5.41, 5.74) is 7.24. The fourth-order valence-corrected chi connectivity index (χ4v) is 3.96. The molecule has 2 N–H and O–H groups in total. The van der Waals surface area contributed by atoms with Gasteiger partial charge >= 0.3 is 0 Å². The number of hydrogen-bond acceptors (Lipinski definition) is 4. The van der Waals surface area contributed by atoms with E-state index in [2.05, 4.69) is 28.9 Å². The van der Waals surface area contributed by atoms with Crippen LogP contribution >= 0.6 is 24.8 Å². The Balaban J connectivity index is 0.00000182. The van der Waals surface area contributed by atoms with Gasteiger partial charge in [0.15, 0.2) is 0 Å². The van der Waals surface area contributed by atoms with Crippen LogP contribution in [-0.4, -0.2) is 60.6 Å². The van der Waals surface area contributed by atoms with Gasteiger partial charge in [0.25, 0.3) is 0 Å². The SMILES string of the molecule is CC(CN1CCOCC1)N(Cc1ccccc1)C(=O)C1CCC(N)C1.Cl.Cl. The largest absolute Gasteiger partial charge is 0.379 e. The van der Waals surface area contributed by atoms with E-state index in [4.69, 9.17) is 10.5 Å². The average Bonchev–Trinajstić information content (AvgIpc) is 3.07. The molecule has 2 aliphatic rings. The molecule has 0 radical (unpaired) electrons. The Morgan fingerprint density at radius 2 is 1.89 bits per heavy atom. The number of ether oxygens (including phenoxy) is 1. The van der Waals surface area contributed by atoms with Gasteiger partial charge in [-0.1, -0.05) is 30.3 Å². The highest BCUT2D eigenvalue weighted by Crippen LogP contribution is 2.27. The van der Waals surface area contributed by atoms with E-state index in [1.165, 1.54) is 5.56 Å². The first-order chi connectivity index (χ1) is 12.1. The van der Waals surface area contributed by atoms with Gasteiger partial charge in [-0.2, -0.15) is 0 Å². The number of carbonyl (C=O) groups excluding carboxylic acids is 1. The molecule has 1 amide bonds. The van der Waals surface area contributed by atoms with Crippen LogP contribution in [0.3, 0.4) is 0 Å². The van der Waals surface area contributed by atoms with Crippen molar-refractivity contribution in [1.29, 1.82) is 0 Å². The van der Waals surface area contributed by atoms with E-state index >= 15 is 0 Å². The first kappa shape index (κ1) is 24.2. The van der Waals surface area contributed by atoms with E-state index in [1.54, 1.807) is 0 Å². The van der Waals surface area contributed by atoms with E-state index in [9.17, 15) is 4.79 Å². The molecule has 1 aromatic rings. The lowest BCUT2D eigenvalue weighted by Gasteiger charge is -2.36. The smallest absolute Gasteiger partial charge is 0.226 e. The van der Waals surface area contributed by atoms with Crippen molar-refractivity contribution in [3.63, 3.8) is 0 Å². The van der Waals surface area contributed by atoms with Crippen LogP contribution in [-0.2, 0) is 16.1 Å².